The van der Waals surface area contributed by atoms with Crippen molar-refractivity contribution in [3.63, 3.8) is 0 Å². The quantitative estimate of drug-likeness (QED) is 0.451. The zero-order chi connectivity index (χ0) is 17.4. The Hall–Kier alpha value is -2.63. The molecule has 0 saturated heterocycles. The predicted octanol–water partition coefficient (Wildman–Crippen LogP) is 5.77. The zero-order valence-electron chi connectivity index (χ0n) is 13.3. The van der Waals surface area contributed by atoms with E-state index in [0.29, 0.717) is 16.5 Å². The number of aryl methyl sites for hydroxylation is 1. The van der Waals surface area contributed by atoms with Gasteiger partial charge in [0.05, 0.1) is 11.1 Å². The number of rotatable bonds is 3. The van der Waals surface area contributed by atoms with Gasteiger partial charge in [-0.3, -0.25) is 0 Å². The first-order chi connectivity index (χ1) is 12.1. The summed E-state index contributed by atoms with van der Waals surface area (Å²) < 4.78 is 0. The topological polar surface area (TPSA) is 58.0 Å². The van der Waals surface area contributed by atoms with Crippen LogP contribution >= 0.6 is 22.9 Å². The molecule has 0 unspecified atom stereocenters. The van der Waals surface area contributed by atoms with Crippen LogP contribution in [0.3, 0.4) is 0 Å². The van der Waals surface area contributed by atoms with Crippen LogP contribution in [0.15, 0.2) is 54.2 Å². The molecule has 6 heteroatoms. The van der Waals surface area contributed by atoms with Crippen molar-refractivity contribution in [1.29, 1.82) is 0 Å². The molecular formula is C19H14ClN3OS. The summed E-state index contributed by atoms with van der Waals surface area (Å²) in [5, 5.41) is 17.1. The Morgan fingerprint density at radius 3 is 2.64 bits per heavy atom. The Balaban J connectivity index is 1.84. The molecule has 0 saturated carbocycles. The number of nitrogens with one attached hydrogen (secondary N) is 1. The number of nitrogens with zero attached hydrogens (tertiary/aromatic N) is 2. The van der Waals surface area contributed by atoms with E-state index in [-0.39, 0.29) is 5.75 Å². The zero-order valence-corrected chi connectivity index (χ0v) is 14.9. The summed E-state index contributed by atoms with van der Waals surface area (Å²) in [6.45, 7) is 1.93. The van der Waals surface area contributed by atoms with Crippen LogP contribution in [0.2, 0.25) is 5.02 Å². The van der Waals surface area contributed by atoms with Gasteiger partial charge in [0.2, 0.25) is 0 Å². The highest BCUT2D eigenvalue weighted by Crippen LogP contribution is 2.38. The molecule has 2 aromatic heterocycles. The van der Waals surface area contributed by atoms with Crippen molar-refractivity contribution in [2.75, 3.05) is 5.32 Å². The fraction of sp³-hybridized carbons (Fsp3) is 0.0526. The standard InChI is InChI=1S/C19H14ClN3OS/c1-11-2-7-15(16(24)8-11)23-18-17-14(9-25-19(17)22-10-21-18)12-3-5-13(20)6-4-12/h2-10,24H,1H3,(H,21,22,23). The maximum atomic E-state index is 10.2. The second-order valence-corrected chi connectivity index (χ2v) is 7.00. The van der Waals surface area contributed by atoms with E-state index in [2.05, 4.69) is 20.7 Å². The van der Waals surface area contributed by atoms with Gasteiger partial charge in [-0.2, -0.15) is 0 Å². The van der Waals surface area contributed by atoms with E-state index in [9.17, 15) is 5.11 Å². The fourth-order valence-corrected chi connectivity index (χ4v) is 3.73. The minimum Gasteiger partial charge on any atom is -0.506 e. The molecule has 0 aliphatic carbocycles. The molecule has 0 aliphatic heterocycles. The highest BCUT2D eigenvalue weighted by molar-refractivity contribution is 7.17. The number of aromatic nitrogens is 2. The molecule has 2 heterocycles. The van der Waals surface area contributed by atoms with Gasteiger partial charge in [-0.05, 0) is 42.3 Å². The number of anilines is 2. The average Bonchev–Trinajstić information content (AvgIpc) is 3.03. The summed E-state index contributed by atoms with van der Waals surface area (Å²) in [5.74, 6) is 0.852. The SMILES string of the molecule is Cc1ccc(Nc2ncnc3scc(-c4ccc(Cl)cc4)c23)c(O)c1. The van der Waals surface area contributed by atoms with E-state index in [1.54, 1.807) is 17.4 Å². The first kappa shape index (κ1) is 15.9. The largest absolute Gasteiger partial charge is 0.506 e. The first-order valence-electron chi connectivity index (χ1n) is 7.66. The molecule has 2 N–H and O–H groups in total. The van der Waals surface area contributed by atoms with Crippen LogP contribution in [0, 0.1) is 6.92 Å². The van der Waals surface area contributed by atoms with E-state index in [1.807, 2.05) is 43.3 Å². The Bertz CT molecular complexity index is 1060. The van der Waals surface area contributed by atoms with Gasteiger partial charge >= 0.3 is 0 Å². The molecule has 4 nitrogen and oxygen atoms in total. The van der Waals surface area contributed by atoms with Crippen LogP contribution in [-0.4, -0.2) is 15.1 Å². The number of benzene rings is 2. The molecule has 4 aromatic rings. The van der Waals surface area contributed by atoms with Crippen molar-refractivity contribution in [3.05, 3.63) is 64.8 Å². The van der Waals surface area contributed by atoms with Gasteiger partial charge < -0.3 is 10.4 Å². The monoisotopic (exact) mass is 367 g/mol. The van der Waals surface area contributed by atoms with Crippen molar-refractivity contribution in [2.24, 2.45) is 0 Å². The second-order valence-electron chi connectivity index (χ2n) is 5.70. The number of fused-ring (bicyclic) bond motifs is 1. The van der Waals surface area contributed by atoms with Crippen LogP contribution in [0.4, 0.5) is 11.5 Å². The number of phenols is 1. The Morgan fingerprint density at radius 2 is 1.88 bits per heavy atom. The minimum absolute atomic E-state index is 0.190. The third-order valence-corrected chi connectivity index (χ3v) is 5.07. The van der Waals surface area contributed by atoms with Crippen molar-refractivity contribution in [1.82, 2.24) is 9.97 Å². The maximum absolute atomic E-state index is 10.2. The smallest absolute Gasteiger partial charge is 0.143 e. The number of hydrogen-bond donors (Lipinski definition) is 2. The molecule has 124 valence electrons. The maximum Gasteiger partial charge on any atom is 0.143 e. The molecule has 0 radical (unpaired) electrons. The van der Waals surface area contributed by atoms with Crippen LogP contribution in [0.25, 0.3) is 21.3 Å². The van der Waals surface area contributed by atoms with Gasteiger partial charge in [0.1, 0.15) is 22.7 Å². The summed E-state index contributed by atoms with van der Waals surface area (Å²) in [4.78, 5) is 9.63. The van der Waals surface area contributed by atoms with Crippen molar-refractivity contribution in [2.45, 2.75) is 6.92 Å². The number of aromatic hydroxyl groups is 1. The summed E-state index contributed by atoms with van der Waals surface area (Å²) in [5.41, 5.74) is 3.68. The van der Waals surface area contributed by atoms with Gasteiger partial charge in [0, 0.05) is 16.0 Å². The molecule has 0 spiro atoms. The average molecular weight is 368 g/mol. The number of halogens is 1. The van der Waals surface area contributed by atoms with Crippen molar-refractivity contribution in [3.8, 4) is 16.9 Å². The van der Waals surface area contributed by atoms with Crippen molar-refractivity contribution >= 4 is 44.7 Å². The number of phenolic OH excluding ortho intramolecular Hbond substituents is 1. The predicted molar refractivity (Wildman–Crippen MR) is 104 cm³/mol. The van der Waals surface area contributed by atoms with E-state index >= 15 is 0 Å². The van der Waals surface area contributed by atoms with Gasteiger partial charge in [-0.25, -0.2) is 9.97 Å². The Morgan fingerprint density at radius 1 is 1.08 bits per heavy atom. The third-order valence-electron chi connectivity index (χ3n) is 3.93. The van der Waals surface area contributed by atoms with Crippen LogP contribution in [0.5, 0.6) is 5.75 Å². The van der Waals surface area contributed by atoms with Gasteiger partial charge in [-0.1, -0.05) is 29.8 Å². The molecule has 0 aliphatic rings. The third kappa shape index (κ3) is 3.04. The molecule has 4 rings (SSSR count). The summed E-state index contributed by atoms with van der Waals surface area (Å²) in [7, 11) is 0. The summed E-state index contributed by atoms with van der Waals surface area (Å²) in [6, 6.07) is 13.2. The molecule has 0 fully saturated rings. The van der Waals surface area contributed by atoms with Crippen LogP contribution in [0.1, 0.15) is 5.56 Å². The van der Waals surface area contributed by atoms with E-state index in [0.717, 1.165) is 26.9 Å². The second kappa shape index (κ2) is 6.35. The molecule has 0 bridgehead atoms. The molecule has 2 aromatic carbocycles. The number of hydrogen-bond acceptors (Lipinski definition) is 5. The lowest BCUT2D eigenvalue weighted by atomic mass is 10.1. The molecule has 0 atom stereocenters. The molecule has 25 heavy (non-hydrogen) atoms. The number of thiophene rings is 1. The van der Waals surface area contributed by atoms with Gasteiger partial charge in [0.25, 0.3) is 0 Å². The molecule has 0 amide bonds. The van der Waals surface area contributed by atoms with Crippen molar-refractivity contribution < 1.29 is 5.11 Å². The Labute approximate surface area is 153 Å². The Kier molecular flexibility index (Phi) is 4.03. The lowest BCUT2D eigenvalue weighted by Crippen LogP contribution is -1.96. The lowest BCUT2D eigenvalue weighted by Gasteiger charge is -2.10. The van der Waals surface area contributed by atoms with E-state index < -0.39 is 0 Å². The van der Waals surface area contributed by atoms with E-state index in [4.69, 9.17) is 11.6 Å². The van der Waals surface area contributed by atoms with Crippen LogP contribution in [-0.2, 0) is 0 Å². The highest BCUT2D eigenvalue weighted by Gasteiger charge is 2.14. The van der Waals surface area contributed by atoms with Gasteiger partial charge in [0.15, 0.2) is 0 Å². The van der Waals surface area contributed by atoms with E-state index in [1.165, 1.54) is 6.33 Å². The summed E-state index contributed by atoms with van der Waals surface area (Å²) in [6.07, 6.45) is 1.53. The van der Waals surface area contributed by atoms with Gasteiger partial charge in [-0.15, -0.1) is 11.3 Å². The van der Waals surface area contributed by atoms with Crippen LogP contribution < -0.4 is 5.32 Å². The molecular weight excluding hydrogens is 354 g/mol. The summed E-state index contributed by atoms with van der Waals surface area (Å²) >= 11 is 7.56. The fourth-order valence-electron chi connectivity index (χ4n) is 2.69. The highest BCUT2D eigenvalue weighted by atomic mass is 35.5. The first-order valence-corrected chi connectivity index (χ1v) is 8.92. The lowest BCUT2D eigenvalue weighted by molar-refractivity contribution is 0.477. The minimum atomic E-state index is 0.190. The normalized spacial score (nSPS) is 11.0.